The number of nitrogens with two attached hydrogens (primary N) is 2. The molecule has 2 atom stereocenters. The van der Waals surface area contributed by atoms with Gasteiger partial charge in [-0.15, -0.1) is 0 Å². The lowest BCUT2D eigenvalue weighted by molar-refractivity contribution is 0.254. The van der Waals surface area contributed by atoms with Gasteiger partial charge in [-0.1, -0.05) is 13.0 Å². The van der Waals surface area contributed by atoms with Gasteiger partial charge in [-0.05, 0) is 30.5 Å². The standard InChI is InChI=1S/C12H19N3O4S2/c1-9-5-10(13)8-15(7-9)21(18,19)12-4-2-3-11(6-12)20(14,16)17/h2-4,6,9-10H,5,7-8,13H2,1H3,(H2,14,16,17). The summed E-state index contributed by atoms with van der Waals surface area (Å²) in [6.07, 6.45) is 0.767. The zero-order valence-corrected chi connectivity index (χ0v) is 13.3. The van der Waals surface area contributed by atoms with Gasteiger partial charge >= 0.3 is 0 Å². The summed E-state index contributed by atoms with van der Waals surface area (Å²) in [6.45, 7) is 2.53. The molecule has 1 aromatic rings. The van der Waals surface area contributed by atoms with Crippen LogP contribution in [0.5, 0.6) is 0 Å². The molecule has 1 fully saturated rings. The molecule has 0 amide bonds. The van der Waals surface area contributed by atoms with Gasteiger partial charge in [0.25, 0.3) is 0 Å². The molecule has 4 N–H and O–H groups in total. The Kier molecular flexibility index (Phi) is 4.41. The highest BCUT2D eigenvalue weighted by atomic mass is 32.2. The molecule has 1 aliphatic rings. The Morgan fingerprint density at radius 2 is 1.76 bits per heavy atom. The number of nitrogens with zero attached hydrogens (tertiary/aromatic N) is 1. The van der Waals surface area contributed by atoms with Gasteiger partial charge in [0.05, 0.1) is 9.79 Å². The van der Waals surface area contributed by atoms with Crippen molar-refractivity contribution in [2.24, 2.45) is 16.8 Å². The molecule has 118 valence electrons. The van der Waals surface area contributed by atoms with Gasteiger partial charge in [0, 0.05) is 19.1 Å². The first-order chi connectivity index (χ1) is 9.60. The van der Waals surface area contributed by atoms with E-state index in [-0.39, 0.29) is 28.3 Å². The number of hydrogen-bond donors (Lipinski definition) is 2. The highest BCUT2D eigenvalue weighted by molar-refractivity contribution is 7.90. The van der Waals surface area contributed by atoms with Crippen molar-refractivity contribution in [2.75, 3.05) is 13.1 Å². The third kappa shape index (κ3) is 3.61. The van der Waals surface area contributed by atoms with Crippen LogP contribution >= 0.6 is 0 Å². The number of rotatable bonds is 3. The normalized spacial score (nSPS) is 24.9. The maximum absolute atomic E-state index is 12.6. The highest BCUT2D eigenvalue weighted by Crippen LogP contribution is 2.24. The monoisotopic (exact) mass is 333 g/mol. The number of sulfonamides is 2. The third-order valence-corrected chi connectivity index (χ3v) is 6.17. The summed E-state index contributed by atoms with van der Waals surface area (Å²) in [5, 5.41) is 5.04. The molecule has 7 nitrogen and oxygen atoms in total. The van der Waals surface area contributed by atoms with Gasteiger partial charge in [0.1, 0.15) is 0 Å². The first-order valence-electron chi connectivity index (χ1n) is 6.49. The van der Waals surface area contributed by atoms with E-state index in [9.17, 15) is 16.8 Å². The molecule has 0 bridgehead atoms. The van der Waals surface area contributed by atoms with E-state index >= 15 is 0 Å². The second kappa shape index (κ2) is 5.65. The largest absolute Gasteiger partial charge is 0.326 e. The number of primary sulfonamides is 1. The molecule has 2 unspecified atom stereocenters. The molecule has 1 aliphatic heterocycles. The summed E-state index contributed by atoms with van der Waals surface area (Å²) < 4.78 is 49.2. The van der Waals surface area contributed by atoms with E-state index in [1.54, 1.807) is 0 Å². The van der Waals surface area contributed by atoms with Crippen molar-refractivity contribution in [3.63, 3.8) is 0 Å². The van der Waals surface area contributed by atoms with Gasteiger partial charge < -0.3 is 5.73 Å². The van der Waals surface area contributed by atoms with Crippen LogP contribution in [0.3, 0.4) is 0 Å². The van der Waals surface area contributed by atoms with Crippen LogP contribution in [-0.4, -0.2) is 40.3 Å². The van der Waals surface area contributed by atoms with Crippen molar-refractivity contribution >= 4 is 20.0 Å². The SMILES string of the molecule is CC1CC(N)CN(S(=O)(=O)c2cccc(S(N)(=O)=O)c2)C1. The van der Waals surface area contributed by atoms with Crippen molar-refractivity contribution in [2.45, 2.75) is 29.2 Å². The van der Waals surface area contributed by atoms with Gasteiger partial charge in [-0.3, -0.25) is 0 Å². The summed E-state index contributed by atoms with van der Waals surface area (Å²) in [5.41, 5.74) is 5.87. The molecule has 9 heteroatoms. The van der Waals surface area contributed by atoms with E-state index in [0.29, 0.717) is 6.54 Å². The smallest absolute Gasteiger partial charge is 0.243 e. The number of benzene rings is 1. The number of hydrogen-bond acceptors (Lipinski definition) is 5. The van der Waals surface area contributed by atoms with Crippen LogP contribution in [0.15, 0.2) is 34.1 Å². The van der Waals surface area contributed by atoms with Gasteiger partial charge in [-0.2, -0.15) is 4.31 Å². The Balaban J connectivity index is 2.40. The fraction of sp³-hybridized carbons (Fsp3) is 0.500. The topological polar surface area (TPSA) is 124 Å². The predicted octanol–water partition coefficient (Wildman–Crippen LogP) is -0.308. The Morgan fingerprint density at radius 3 is 2.33 bits per heavy atom. The summed E-state index contributed by atoms with van der Waals surface area (Å²) in [7, 11) is -7.72. The molecule has 0 saturated carbocycles. The summed E-state index contributed by atoms with van der Waals surface area (Å²) in [4.78, 5) is -0.312. The van der Waals surface area contributed by atoms with E-state index in [2.05, 4.69) is 0 Å². The first kappa shape index (κ1) is 16.4. The van der Waals surface area contributed by atoms with Crippen molar-refractivity contribution in [1.29, 1.82) is 0 Å². The molecule has 21 heavy (non-hydrogen) atoms. The van der Waals surface area contributed by atoms with Crippen LogP contribution in [0.1, 0.15) is 13.3 Å². The van der Waals surface area contributed by atoms with E-state index < -0.39 is 20.0 Å². The minimum Gasteiger partial charge on any atom is -0.326 e. The molecule has 1 heterocycles. The fourth-order valence-electron chi connectivity index (χ4n) is 2.51. The Labute approximate surface area is 125 Å². The molecule has 0 spiro atoms. The van der Waals surface area contributed by atoms with Crippen molar-refractivity contribution in [3.8, 4) is 0 Å². The molecule has 0 radical (unpaired) electrons. The van der Waals surface area contributed by atoms with Crippen LogP contribution in [0.2, 0.25) is 0 Å². The van der Waals surface area contributed by atoms with Crippen LogP contribution in [0.4, 0.5) is 0 Å². The van der Waals surface area contributed by atoms with Crippen LogP contribution in [-0.2, 0) is 20.0 Å². The fourth-order valence-corrected chi connectivity index (χ4v) is 4.80. The molecule has 1 aromatic carbocycles. The van der Waals surface area contributed by atoms with Crippen LogP contribution in [0.25, 0.3) is 0 Å². The molecule has 0 aromatic heterocycles. The summed E-state index contributed by atoms with van der Waals surface area (Å²) >= 11 is 0. The van der Waals surface area contributed by atoms with E-state index in [1.165, 1.54) is 22.5 Å². The predicted molar refractivity (Wildman–Crippen MR) is 78.3 cm³/mol. The van der Waals surface area contributed by atoms with Crippen molar-refractivity contribution in [3.05, 3.63) is 24.3 Å². The lowest BCUT2D eigenvalue weighted by Crippen LogP contribution is -2.48. The lowest BCUT2D eigenvalue weighted by atomic mass is 9.99. The Bertz CT molecular complexity index is 721. The summed E-state index contributed by atoms with van der Waals surface area (Å²) in [5.74, 6) is 0.157. The first-order valence-corrected chi connectivity index (χ1v) is 9.48. The van der Waals surface area contributed by atoms with Gasteiger partial charge in [0.15, 0.2) is 0 Å². The molecule has 2 rings (SSSR count). The minimum absolute atomic E-state index is 0.0877. The van der Waals surface area contributed by atoms with Crippen LogP contribution < -0.4 is 10.9 Å². The summed E-state index contributed by atoms with van der Waals surface area (Å²) in [6, 6.07) is 4.84. The van der Waals surface area contributed by atoms with Crippen LogP contribution in [0, 0.1) is 5.92 Å². The molecule has 1 saturated heterocycles. The lowest BCUT2D eigenvalue weighted by Gasteiger charge is -2.33. The van der Waals surface area contributed by atoms with Crippen molar-refractivity contribution < 1.29 is 16.8 Å². The molecular weight excluding hydrogens is 314 g/mol. The Hall–Kier alpha value is -1.00. The maximum Gasteiger partial charge on any atom is 0.243 e. The van der Waals surface area contributed by atoms with Gasteiger partial charge in [0.2, 0.25) is 20.0 Å². The zero-order valence-electron chi connectivity index (χ0n) is 11.6. The third-order valence-electron chi connectivity index (χ3n) is 3.43. The quantitative estimate of drug-likeness (QED) is 0.785. The van der Waals surface area contributed by atoms with E-state index in [0.717, 1.165) is 12.5 Å². The van der Waals surface area contributed by atoms with Gasteiger partial charge in [-0.25, -0.2) is 22.0 Å². The average Bonchev–Trinajstić information content (AvgIpc) is 2.36. The average molecular weight is 333 g/mol. The molecular formula is C12H19N3O4S2. The van der Waals surface area contributed by atoms with E-state index in [1.807, 2.05) is 6.92 Å². The maximum atomic E-state index is 12.6. The number of piperidine rings is 1. The second-order valence-electron chi connectivity index (χ2n) is 5.44. The zero-order chi connectivity index (χ0) is 15.8. The van der Waals surface area contributed by atoms with E-state index in [4.69, 9.17) is 10.9 Å². The second-order valence-corrected chi connectivity index (χ2v) is 8.94. The highest BCUT2D eigenvalue weighted by Gasteiger charge is 2.32. The van der Waals surface area contributed by atoms with Crippen molar-refractivity contribution in [1.82, 2.24) is 4.31 Å². The molecule has 0 aliphatic carbocycles. The Morgan fingerprint density at radius 1 is 1.14 bits per heavy atom. The minimum atomic E-state index is -3.95.